The van der Waals surface area contributed by atoms with Crippen LogP contribution in [0.4, 0.5) is 0 Å². The molecule has 0 radical (unpaired) electrons. The van der Waals surface area contributed by atoms with Crippen LogP contribution in [0.2, 0.25) is 0 Å². The van der Waals surface area contributed by atoms with Crippen molar-refractivity contribution in [2.75, 3.05) is 7.11 Å². The Morgan fingerprint density at radius 2 is 1.49 bits per heavy atom. The summed E-state index contributed by atoms with van der Waals surface area (Å²) < 4.78 is 5.43. The maximum atomic E-state index is 13.5. The molecule has 0 heterocycles. The average Bonchev–Trinajstić information content (AvgIpc) is 2.92. The number of carbonyl (C=O) groups excluding carboxylic acids is 1. The van der Waals surface area contributed by atoms with E-state index in [4.69, 9.17) is 4.74 Å². The van der Waals surface area contributed by atoms with Gasteiger partial charge in [0.25, 0.3) is 0 Å². The van der Waals surface area contributed by atoms with Gasteiger partial charge < -0.3 is 4.74 Å². The van der Waals surface area contributed by atoms with E-state index in [1.54, 1.807) is 7.11 Å². The minimum atomic E-state index is 0.119. The molecule has 190 valence electrons. The molecule has 0 amide bonds. The zero-order valence-electron chi connectivity index (χ0n) is 22.0. The molecule has 3 heteroatoms. The lowest BCUT2D eigenvalue weighted by molar-refractivity contribution is -0.119. The molecule has 4 aromatic rings. The van der Waals surface area contributed by atoms with Gasteiger partial charge in [-0.2, -0.15) is 0 Å². The van der Waals surface area contributed by atoms with Crippen LogP contribution in [0.3, 0.4) is 0 Å². The molecule has 0 aliphatic carbocycles. The van der Waals surface area contributed by atoms with Crippen LogP contribution in [0.1, 0.15) is 37.0 Å². The molecule has 2 unspecified atom stereocenters. The van der Waals surface area contributed by atoms with Gasteiger partial charge in [-0.3, -0.25) is 4.79 Å². The number of hydrogen-bond donors (Lipinski definition) is 0. The molecule has 0 saturated carbocycles. The summed E-state index contributed by atoms with van der Waals surface area (Å²) in [6.07, 6.45) is 4.66. The molecular formula is C34H36O2S. The van der Waals surface area contributed by atoms with Crippen LogP contribution in [0.25, 0.3) is 10.8 Å². The van der Waals surface area contributed by atoms with Crippen molar-refractivity contribution in [2.24, 2.45) is 5.92 Å². The van der Waals surface area contributed by atoms with Crippen molar-refractivity contribution >= 4 is 28.3 Å². The van der Waals surface area contributed by atoms with Gasteiger partial charge in [0, 0.05) is 23.0 Å². The second-order valence-corrected chi connectivity index (χ2v) is 10.9. The molecule has 37 heavy (non-hydrogen) atoms. The molecular weight excluding hydrogens is 472 g/mol. The van der Waals surface area contributed by atoms with Crippen LogP contribution in [0.5, 0.6) is 0 Å². The van der Waals surface area contributed by atoms with Crippen molar-refractivity contribution in [1.29, 1.82) is 0 Å². The second-order valence-electron chi connectivity index (χ2n) is 9.68. The van der Waals surface area contributed by atoms with Gasteiger partial charge in [0.15, 0.2) is 0 Å². The van der Waals surface area contributed by atoms with Crippen molar-refractivity contribution < 1.29 is 9.53 Å². The topological polar surface area (TPSA) is 26.3 Å². The first-order chi connectivity index (χ1) is 18.1. The molecule has 4 aromatic carbocycles. The standard InChI is InChI=1S/C34H36O2S/c1-4-26-14-16-27(17-15-26)20-31(34(25(2)24-36-3)37-33-12-6-5-7-13-33)23-32(35)22-28-18-19-29-10-8-9-11-30(29)21-28/h5-19,21,24,31,34H,4,20,22-23H2,1-3H3. The second kappa shape index (κ2) is 13.3. The first kappa shape index (κ1) is 26.8. The van der Waals surface area contributed by atoms with Gasteiger partial charge in [-0.1, -0.05) is 91.9 Å². The fourth-order valence-corrected chi connectivity index (χ4v) is 6.13. The van der Waals surface area contributed by atoms with E-state index in [0.717, 1.165) is 24.0 Å². The SMILES string of the molecule is CCc1ccc(CC(CC(=O)Cc2ccc3ccccc3c2)C(Sc2ccccc2)C(C)=COC)cc1. The highest BCUT2D eigenvalue weighted by Gasteiger charge is 2.27. The predicted molar refractivity (Wildman–Crippen MR) is 157 cm³/mol. The summed E-state index contributed by atoms with van der Waals surface area (Å²) in [6.45, 7) is 4.29. The number of benzene rings is 4. The fraction of sp³-hybridized carbons (Fsp3) is 0.265. The smallest absolute Gasteiger partial charge is 0.137 e. The Kier molecular flexibility index (Phi) is 9.62. The Morgan fingerprint density at radius 3 is 2.19 bits per heavy atom. The first-order valence-electron chi connectivity index (χ1n) is 13.0. The molecule has 0 fully saturated rings. The molecule has 0 spiro atoms. The molecule has 0 N–H and O–H groups in total. The number of fused-ring (bicyclic) bond motifs is 1. The third-order valence-electron chi connectivity index (χ3n) is 6.82. The van der Waals surface area contributed by atoms with Crippen LogP contribution in [-0.4, -0.2) is 18.1 Å². The van der Waals surface area contributed by atoms with Crippen molar-refractivity contribution in [2.45, 2.75) is 49.7 Å². The summed E-state index contributed by atoms with van der Waals surface area (Å²) in [6, 6.07) is 34.0. The molecule has 0 bridgehead atoms. The van der Waals surface area contributed by atoms with Gasteiger partial charge in [0.1, 0.15) is 5.78 Å². The van der Waals surface area contributed by atoms with Gasteiger partial charge in [-0.05, 0) is 70.9 Å². The number of aryl methyl sites for hydroxylation is 1. The maximum absolute atomic E-state index is 13.5. The van der Waals surface area contributed by atoms with Gasteiger partial charge >= 0.3 is 0 Å². The quantitative estimate of drug-likeness (QED) is 0.142. The van der Waals surface area contributed by atoms with E-state index in [2.05, 4.69) is 92.7 Å². The zero-order valence-corrected chi connectivity index (χ0v) is 22.8. The van der Waals surface area contributed by atoms with E-state index in [1.165, 1.54) is 26.8 Å². The maximum Gasteiger partial charge on any atom is 0.137 e. The third-order valence-corrected chi connectivity index (χ3v) is 8.38. The highest BCUT2D eigenvalue weighted by Crippen LogP contribution is 2.37. The van der Waals surface area contributed by atoms with Crippen LogP contribution in [0, 0.1) is 5.92 Å². The summed E-state index contributed by atoms with van der Waals surface area (Å²) in [5, 5.41) is 2.50. The van der Waals surface area contributed by atoms with Crippen molar-refractivity contribution in [3.8, 4) is 0 Å². The molecule has 4 rings (SSSR count). The highest BCUT2D eigenvalue weighted by molar-refractivity contribution is 8.00. The Morgan fingerprint density at radius 1 is 0.838 bits per heavy atom. The fourth-order valence-electron chi connectivity index (χ4n) is 4.90. The summed E-state index contributed by atoms with van der Waals surface area (Å²) in [7, 11) is 1.69. The Hall–Kier alpha value is -3.30. The monoisotopic (exact) mass is 508 g/mol. The minimum Gasteiger partial charge on any atom is -0.504 e. The Bertz CT molecular complexity index is 1330. The summed E-state index contributed by atoms with van der Waals surface area (Å²) >= 11 is 1.82. The van der Waals surface area contributed by atoms with Gasteiger partial charge in [-0.15, -0.1) is 11.8 Å². The number of ether oxygens (including phenoxy) is 1. The van der Waals surface area contributed by atoms with E-state index in [-0.39, 0.29) is 17.0 Å². The summed E-state index contributed by atoms with van der Waals surface area (Å²) in [5.74, 6) is 0.409. The van der Waals surface area contributed by atoms with Gasteiger partial charge in [-0.25, -0.2) is 0 Å². The lowest BCUT2D eigenvalue weighted by atomic mass is 9.87. The van der Waals surface area contributed by atoms with E-state index in [9.17, 15) is 4.79 Å². The van der Waals surface area contributed by atoms with Gasteiger partial charge in [0.2, 0.25) is 0 Å². The number of methoxy groups -OCH3 is 1. The van der Waals surface area contributed by atoms with Crippen molar-refractivity contribution in [3.63, 3.8) is 0 Å². The number of hydrogen-bond acceptors (Lipinski definition) is 3. The molecule has 2 nitrogen and oxygen atoms in total. The highest BCUT2D eigenvalue weighted by atomic mass is 32.2. The molecule has 0 aromatic heterocycles. The number of carbonyl (C=O) groups is 1. The number of Topliss-reactive ketones (excluding diaryl/α,β-unsaturated/α-hetero) is 1. The third kappa shape index (κ3) is 7.60. The Labute approximate surface area is 225 Å². The van der Waals surface area contributed by atoms with Crippen molar-refractivity contribution in [3.05, 3.63) is 126 Å². The molecule has 0 aliphatic heterocycles. The summed E-state index contributed by atoms with van der Waals surface area (Å²) in [5.41, 5.74) is 4.82. The average molecular weight is 509 g/mol. The van der Waals surface area contributed by atoms with E-state index in [1.807, 2.05) is 36.2 Å². The minimum absolute atomic E-state index is 0.119. The van der Waals surface area contributed by atoms with Crippen LogP contribution in [0.15, 0.2) is 114 Å². The summed E-state index contributed by atoms with van der Waals surface area (Å²) in [4.78, 5) is 14.7. The molecule has 0 aliphatic rings. The lowest BCUT2D eigenvalue weighted by Gasteiger charge is -2.28. The molecule has 2 atom stereocenters. The number of ketones is 1. The van der Waals surface area contributed by atoms with Crippen LogP contribution in [-0.2, 0) is 28.8 Å². The normalized spacial score (nSPS) is 13.3. The Balaban J connectivity index is 1.60. The lowest BCUT2D eigenvalue weighted by Crippen LogP contribution is -2.25. The largest absolute Gasteiger partial charge is 0.504 e. The van der Waals surface area contributed by atoms with Crippen LogP contribution >= 0.6 is 11.8 Å². The zero-order chi connectivity index (χ0) is 26.0. The van der Waals surface area contributed by atoms with E-state index < -0.39 is 0 Å². The van der Waals surface area contributed by atoms with Crippen LogP contribution < -0.4 is 0 Å². The number of thioether (sulfide) groups is 1. The first-order valence-corrected chi connectivity index (χ1v) is 13.9. The van der Waals surface area contributed by atoms with Gasteiger partial charge in [0.05, 0.1) is 13.4 Å². The van der Waals surface area contributed by atoms with E-state index in [0.29, 0.717) is 12.8 Å². The number of rotatable bonds is 12. The molecule has 0 saturated heterocycles. The van der Waals surface area contributed by atoms with E-state index >= 15 is 0 Å². The van der Waals surface area contributed by atoms with Crippen molar-refractivity contribution in [1.82, 2.24) is 0 Å². The predicted octanol–water partition coefficient (Wildman–Crippen LogP) is 8.47.